The van der Waals surface area contributed by atoms with E-state index in [0.717, 1.165) is 55.6 Å². The topological polar surface area (TPSA) is 53.5 Å². The summed E-state index contributed by atoms with van der Waals surface area (Å²) in [5, 5.41) is 1.78. The lowest BCUT2D eigenvalue weighted by molar-refractivity contribution is 0.166. The molecule has 1 aromatic heterocycles. The van der Waals surface area contributed by atoms with Gasteiger partial charge in [-0.3, -0.25) is 4.98 Å². The normalized spacial score (nSPS) is 17.8. The van der Waals surface area contributed by atoms with Gasteiger partial charge in [-0.05, 0) is 86.3 Å². The Morgan fingerprint density at radius 1 is 1.00 bits per heavy atom. The number of rotatable bonds is 8. The van der Waals surface area contributed by atoms with Gasteiger partial charge in [-0.15, -0.1) is 11.8 Å². The molecule has 0 aliphatic carbocycles. The average Bonchev–Trinajstić information content (AvgIpc) is 3.35. The lowest BCUT2D eigenvalue weighted by Crippen LogP contribution is -2.43. The van der Waals surface area contributed by atoms with E-state index in [1.54, 1.807) is 31.4 Å². The first kappa shape index (κ1) is 29.0. The maximum Gasteiger partial charge on any atom is 0.245 e. The third kappa shape index (κ3) is 5.77. The number of nitrogens with zero attached hydrogens (tertiary/aromatic N) is 3. The summed E-state index contributed by atoms with van der Waals surface area (Å²) in [6, 6.07) is 23.5. The van der Waals surface area contributed by atoms with Gasteiger partial charge in [0.05, 0.1) is 15.6 Å². The van der Waals surface area contributed by atoms with Gasteiger partial charge in [-0.1, -0.05) is 65.7 Å². The molecule has 6 rings (SSSR count). The van der Waals surface area contributed by atoms with Crippen molar-refractivity contribution in [3.8, 4) is 0 Å². The molecule has 0 saturated carbocycles. The van der Waals surface area contributed by atoms with Gasteiger partial charge in [-0.2, -0.15) is 0 Å². The van der Waals surface area contributed by atoms with Crippen LogP contribution >= 0.6 is 35.0 Å². The van der Waals surface area contributed by atoms with Crippen molar-refractivity contribution in [3.63, 3.8) is 0 Å². The van der Waals surface area contributed by atoms with E-state index in [0.29, 0.717) is 22.1 Å². The van der Waals surface area contributed by atoms with Crippen molar-refractivity contribution >= 4 is 55.9 Å². The van der Waals surface area contributed by atoms with Gasteiger partial charge in [0.25, 0.3) is 0 Å². The maximum absolute atomic E-state index is 13.8. The number of pyridine rings is 1. The first-order chi connectivity index (χ1) is 19.8. The van der Waals surface area contributed by atoms with Crippen LogP contribution in [0.5, 0.6) is 0 Å². The lowest BCUT2D eigenvalue weighted by atomic mass is 9.74. The van der Waals surface area contributed by atoms with Crippen molar-refractivity contribution in [2.75, 3.05) is 39.0 Å². The molecule has 0 radical (unpaired) electrons. The minimum absolute atomic E-state index is 0.0499. The van der Waals surface area contributed by atoms with E-state index in [1.165, 1.54) is 14.8 Å². The number of aromatic nitrogens is 1. The summed E-state index contributed by atoms with van der Waals surface area (Å²) in [5.41, 5.74) is 3.28. The minimum Gasteiger partial charge on any atom is -0.303 e. The van der Waals surface area contributed by atoms with E-state index < -0.39 is 10.0 Å². The number of fused-ring (bicyclic) bond motifs is 3. The standard InChI is InChI=1S/C32H33Cl2N3O2S2/c1-36(41(38,39)30-10-4-6-23-7-5-16-35-31(23)30)21-25(24-11-12-27(33)28(34)20-24)13-17-37-18-14-32(15-19-37)22-40-29-9-3-2-8-26(29)32/h2-12,16,20,25H,13-15,17-19,21-22H2,1H3/t25-/m1/s1. The van der Waals surface area contributed by atoms with E-state index in [4.69, 9.17) is 23.2 Å². The number of benzene rings is 3. The fourth-order valence-electron chi connectivity index (χ4n) is 6.27. The highest BCUT2D eigenvalue weighted by atomic mass is 35.5. The largest absolute Gasteiger partial charge is 0.303 e. The van der Waals surface area contributed by atoms with Crippen LogP contribution in [0, 0.1) is 0 Å². The Hall–Kier alpha value is -2.13. The predicted octanol–water partition coefficient (Wildman–Crippen LogP) is 7.48. The average molecular weight is 627 g/mol. The Labute approximate surface area is 256 Å². The molecule has 3 aromatic carbocycles. The number of likely N-dealkylation sites (tertiary alicyclic amines) is 1. The number of thioether (sulfide) groups is 1. The van der Waals surface area contributed by atoms with Crippen LogP contribution < -0.4 is 0 Å². The Morgan fingerprint density at radius 3 is 2.59 bits per heavy atom. The fraction of sp³-hybridized carbons (Fsp3) is 0.344. The smallest absolute Gasteiger partial charge is 0.245 e. The molecule has 2 aliphatic heterocycles. The number of sulfonamides is 1. The highest BCUT2D eigenvalue weighted by molar-refractivity contribution is 7.99. The van der Waals surface area contributed by atoms with Crippen molar-refractivity contribution in [2.45, 2.75) is 40.4 Å². The summed E-state index contributed by atoms with van der Waals surface area (Å²) in [7, 11) is -2.12. The second-order valence-electron chi connectivity index (χ2n) is 11.2. The molecule has 5 nitrogen and oxygen atoms in total. The first-order valence-corrected chi connectivity index (χ1v) is 17.1. The molecular formula is C32H33Cl2N3O2S2. The molecule has 41 heavy (non-hydrogen) atoms. The fourth-order valence-corrected chi connectivity index (χ4v) is 9.45. The number of hydrogen-bond donors (Lipinski definition) is 0. The first-order valence-electron chi connectivity index (χ1n) is 14.0. The summed E-state index contributed by atoms with van der Waals surface area (Å²) in [6.45, 7) is 3.29. The van der Waals surface area contributed by atoms with Crippen LogP contribution in [0.25, 0.3) is 10.9 Å². The third-order valence-electron chi connectivity index (χ3n) is 8.75. The second kappa shape index (κ2) is 11.9. The van der Waals surface area contributed by atoms with Crippen molar-refractivity contribution < 1.29 is 8.42 Å². The number of hydrogen-bond acceptors (Lipinski definition) is 5. The van der Waals surface area contributed by atoms with Gasteiger partial charge in [0.1, 0.15) is 4.90 Å². The molecule has 0 N–H and O–H groups in total. The summed E-state index contributed by atoms with van der Waals surface area (Å²) in [6.07, 6.45) is 4.74. The molecule has 1 fully saturated rings. The molecule has 1 spiro atoms. The van der Waals surface area contributed by atoms with Gasteiger partial charge in [0.2, 0.25) is 10.0 Å². The molecular weight excluding hydrogens is 593 g/mol. The monoisotopic (exact) mass is 625 g/mol. The van der Waals surface area contributed by atoms with E-state index in [-0.39, 0.29) is 16.2 Å². The molecule has 214 valence electrons. The molecule has 3 heterocycles. The van der Waals surface area contributed by atoms with Crippen molar-refractivity contribution in [3.05, 3.63) is 100 Å². The van der Waals surface area contributed by atoms with Crippen LogP contribution in [-0.2, 0) is 15.4 Å². The Morgan fingerprint density at radius 2 is 1.78 bits per heavy atom. The number of halogens is 2. The Balaban J connectivity index is 1.19. The number of piperidine rings is 1. The molecule has 2 aliphatic rings. The maximum atomic E-state index is 13.8. The van der Waals surface area contributed by atoms with E-state index in [9.17, 15) is 8.42 Å². The Kier molecular flexibility index (Phi) is 8.38. The second-order valence-corrected chi connectivity index (χ2v) is 15.0. The lowest BCUT2D eigenvalue weighted by Gasteiger charge is -2.40. The molecule has 9 heteroatoms. The van der Waals surface area contributed by atoms with Gasteiger partial charge >= 0.3 is 0 Å². The summed E-state index contributed by atoms with van der Waals surface area (Å²) in [4.78, 5) is 8.58. The van der Waals surface area contributed by atoms with E-state index >= 15 is 0 Å². The molecule has 1 atom stereocenters. The minimum atomic E-state index is -3.78. The van der Waals surface area contributed by atoms with Crippen LogP contribution in [0.2, 0.25) is 10.0 Å². The van der Waals surface area contributed by atoms with E-state index in [2.05, 4.69) is 34.1 Å². The summed E-state index contributed by atoms with van der Waals surface area (Å²) in [5.74, 6) is 1.11. The van der Waals surface area contributed by atoms with Crippen LogP contribution in [-0.4, -0.2) is 61.6 Å². The Bertz CT molecular complexity index is 1670. The molecule has 0 unspecified atom stereocenters. The zero-order valence-corrected chi connectivity index (χ0v) is 26.1. The van der Waals surface area contributed by atoms with Crippen LogP contribution in [0.1, 0.15) is 36.3 Å². The summed E-state index contributed by atoms with van der Waals surface area (Å²) >= 11 is 14.7. The van der Waals surface area contributed by atoms with Crippen LogP contribution in [0.3, 0.4) is 0 Å². The molecule has 0 amide bonds. The SMILES string of the molecule is CN(C[C@@H](CCN1CCC2(CC1)CSc1ccccc12)c1ccc(Cl)c(Cl)c1)S(=O)(=O)c1cccc2cccnc12. The zero-order chi connectivity index (χ0) is 28.6. The molecule has 0 bridgehead atoms. The van der Waals surface area contributed by atoms with Crippen molar-refractivity contribution in [2.24, 2.45) is 0 Å². The van der Waals surface area contributed by atoms with Crippen molar-refractivity contribution in [1.82, 2.24) is 14.2 Å². The zero-order valence-electron chi connectivity index (χ0n) is 23.0. The van der Waals surface area contributed by atoms with Crippen LogP contribution in [0.4, 0.5) is 0 Å². The van der Waals surface area contributed by atoms with Gasteiger partial charge < -0.3 is 4.90 Å². The van der Waals surface area contributed by atoms with E-state index in [1.807, 2.05) is 42.1 Å². The van der Waals surface area contributed by atoms with Crippen LogP contribution in [0.15, 0.2) is 88.8 Å². The van der Waals surface area contributed by atoms with Gasteiger partial charge in [0, 0.05) is 41.2 Å². The predicted molar refractivity (Wildman–Crippen MR) is 170 cm³/mol. The van der Waals surface area contributed by atoms with Gasteiger partial charge in [0.15, 0.2) is 0 Å². The quantitative estimate of drug-likeness (QED) is 0.203. The highest BCUT2D eigenvalue weighted by Gasteiger charge is 2.41. The molecule has 4 aromatic rings. The number of para-hydroxylation sites is 1. The number of likely N-dealkylation sites (N-methyl/N-ethyl adjacent to an activating group) is 1. The van der Waals surface area contributed by atoms with Gasteiger partial charge in [-0.25, -0.2) is 12.7 Å². The molecule has 1 saturated heterocycles. The third-order valence-corrected chi connectivity index (χ3v) is 12.7. The highest BCUT2D eigenvalue weighted by Crippen LogP contribution is 2.49. The van der Waals surface area contributed by atoms with Crippen molar-refractivity contribution in [1.29, 1.82) is 0 Å². The summed E-state index contributed by atoms with van der Waals surface area (Å²) < 4.78 is 29.1.